The molecule has 0 fully saturated rings. The molecule has 0 aromatic carbocycles. The maximum atomic E-state index is 12.7. The van der Waals surface area contributed by atoms with E-state index in [9.17, 15) is 14.4 Å². The van der Waals surface area contributed by atoms with E-state index in [1.54, 1.807) is 0 Å². The van der Waals surface area contributed by atoms with E-state index in [1.165, 1.54) is 70.6 Å². The van der Waals surface area contributed by atoms with E-state index in [1.807, 2.05) is 54.7 Å². The molecule has 0 aromatic heterocycles. The largest absolute Gasteiger partial charge is 0.462 e. The second-order valence-electron chi connectivity index (χ2n) is 14.3. The predicted molar refractivity (Wildman–Crippen MR) is 237 cm³/mol. The Hall–Kier alpha value is -3.67. The van der Waals surface area contributed by atoms with Crippen LogP contribution in [0.3, 0.4) is 0 Å². The third-order valence-electron chi connectivity index (χ3n) is 8.96. The molecule has 1 unspecified atom stereocenters. The summed E-state index contributed by atoms with van der Waals surface area (Å²) < 4.78 is 16.6. The van der Waals surface area contributed by atoms with Crippen LogP contribution >= 0.6 is 0 Å². The second kappa shape index (κ2) is 44.0. The Labute approximate surface area is 343 Å². The number of rotatable bonds is 38. The quantitative estimate of drug-likeness (QED) is 0.0204. The fraction of sp³-hybridized carbons (Fsp3) is 0.620. The average Bonchev–Trinajstić information content (AvgIpc) is 3.19. The molecule has 0 aliphatic rings. The van der Waals surface area contributed by atoms with E-state index in [4.69, 9.17) is 14.2 Å². The lowest BCUT2D eigenvalue weighted by molar-refractivity contribution is -0.167. The fourth-order valence-corrected chi connectivity index (χ4v) is 5.67. The zero-order valence-electron chi connectivity index (χ0n) is 35.9. The minimum atomic E-state index is -0.831. The maximum absolute atomic E-state index is 12.7. The van der Waals surface area contributed by atoms with Crippen molar-refractivity contribution in [2.45, 2.75) is 187 Å². The summed E-state index contributed by atoms with van der Waals surface area (Å²) in [5.74, 6) is -1.06. The fourth-order valence-electron chi connectivity index (χ4n) is 5.67. The Morgan fingerprint density at radius 1 is 0.393 bits per heavy atom. The van der Waals surface area contributed by atoms with Crippen molar-refractivity contribution in [2.24, 2.45) is 0 Å². The number of esters is 3. The highest BCUT2D eigenvalue weighted by molar-refractivity contribution is 5.71. The normalized spacial score (nSPS) is 13.0. The molecule has 0 aromatic rings. The average molecular weight is 777 g/mol. The van der Waals surface area contributed by atoms with E-state index >= 15 is 0 Å². The number of ether oxygens (including phenoxy) is 3. The molecule has 1 atom stereocenters. The third-order valence-corrected chi connectivity index (χ3v) is 8.96. The number of carbonyl (C=O) groups is 3. The van der Waals surface area contributed by atoms with Gasteiger partial charge in [0.05, 0.1) is 0 Å². The van der Waals surface area contributed by atoms with Gasteiger partial charge in [0, 0.05) is 19.3 Å². The van der Waals surface area contributed by atoms with Gasteiger partial charge in [0.1, 0.15) is 13.2 Å². The van der Waals surface area contributed by atoms with Crippen molar-refractivity contribution in [2.75, 3.05) is 13.2 Å². The summed E-state index contributed by atoms with van der Waals surface area (Å²) in [6, 6.07) is 0. The standard InChI is InChI=1S/C50H80O6/c1-4-7-10-13-16-19-22-24-26-28-31-34-37-40-43-49(52)55-46-47(45-54-48(51)42-39-36-33-30-27-21-18-15-12-9-6-3)56-50(53)44-41-38-35-32-29-25-23-20-17-14-11-8-5-2/h8-9,11-12,14,17-18,20-21,23,25,29-30,32-33,35,47H,4-7,10,13,15-16,19,22,24,26-28,31,34,36-46H2,1-3H3/b11-8-,12-9-,17-14-,21-18-,23-20-,29-25-,33-30-,35-32-. The molecule has 0 bridgehead atoms. The summed E-state index contributed by atoms with van der Waals surface area (Å²) in [6.07, 6.45) is 56.9. The van der Waals surface area contributed by atoms with E-state index in [0.29, 0.717) is 19.3 Å². The zero-order chi connectivity index (χ0) is 40.8. The van der Waals surface area contributed by atoms with Gasteiger partial charge < -0.3 is 14.2 Å². The lowest BCUT2D eigenvalue weighted by Gasteiger charge is -2.18. The van der Waals surface area contributed by atoms with Crippen molar-refractivity contribution in [3.05, 3.63) is 97.2 Å². The van der Waals surface area contributed by atoms with Crippen LogP contribution in [-0.4, -0.2) is 37.2 Å². The van der Waals surface area contributed by atoms with Crippen LogP contribution in [-0.2, 0) is 28.6 Å². The topological polar surface area (TPSA) is 78.9 Å². The number of carbonyl (C=O) groups excluding carboxylic acids is 3. The highest BCUT2D eigenvalue weighted by Crippen LogP contribution is 2.14. The summed E-state index contributed by atoms with van der Waals surface area (Å²) in [7, 11) is 0. The molecule has 0 saturated heterocycles. The Balaban J connectivity index is 4.56. The number of unbranched alkanes of at least 4 members (excludes halogenated alkanes) is 15. The first kappa shape index (κ1) is 52.3. The molecule has 0 rings (SSSR count). The molecule has 0 spiro atoms. The van der Waals surface area contributed by atoms with Crippen LogP contribution in [0.2, 0.25) is 0 Å². The molecule has 0 N–H and O–H groups in total. The molecule has 0 heterocycles. The molecule has 0 amide bonds. The molecule has 0 aliphatic carbocycles. The van der Waals surface area contributed by atoms with Gasteiger partial charge in [-0.05, 0) is 57.8 Å². The molecule has 316 valence electrons. The van der Waals surface area contributed by atoms with Gasteiger partial charge in [0.2, 0.25) is 0 Å². The van der Waals surface area contributed by atoms with Gasteiger partial charge >= 0.3 is 17.9 Å². The van der Waals surface area contributed by atoms with E-state index < -0.39 is 12.1 Å². The van der Waals surface area contributed by atoms with Gasteiger partial charge in [0.15, 0.2) is 6.10 Å². The van der Waals surface area contributed by atoms with E-state index in [2.05, 4.69) is 63.3 Å². The Kier molecular flexibility index (Phi) is 41.2. The summed E-state index contributed by atoms with van der Waals surface area (Å²) in [5.41, 5.74) is 0. The summed E-state index contributed by atoms with van der Waals surface area (Å²) >= 11 is 0. The molecule has 6 nitrogen and oxygen atoms in total. The van der Waals surface area contributed by atoms with Crippen molar-refractivity contribution < 1.29 is 28.6 Å². The maximum Gasteiger partial charge on any atom is 0.306 e. The number of hydrogen-bond acceptors (Lipinski definition) is 6. The SMILES string of the molecule is CC\C=C/C=C\C=C/C=C\C=C/CCCC(=O)OC(COC(=O)CCC/C=C\C/C=C\C/C=C\CC)COC(=O)CCCCCCCCCCCCCCCC. The van der Waals surface area contributed by atoms with Crippen LogP contribution in [0.5, 0.6) is 0 Å². The van der Waals surface area contributed by atoms with Crippen LogP contribution in [0, 0.1) is 0 Å². The molecule has 0 aliphatic heterocycles. The van der Waals surface area contributed by atoms with E-state index in [0.717, 1.165) is 57.8 Å². The Morgan fingerprint density at radius 3 is 1.30 bits per heavy atom. The summed E-state index contributed by atoms with van der Waals surface area (Å²) in [6.45, 7) is 6.24. The molecule has 6 heteroatoms. The van der Waals surface area contributed by atoms with Gasteiger partial charge in [0.25, 0.3) is 0 Å². The first-order valence-electron chi connectivity index (χ1n) is 22.3. The third kappa shape index (κ3) is 41.5. The lowest BCUT2D eigenvalue weighted by Crippen LogP contribution is -2.30. The van der Waals surface area contributed by atoms with Crippen molar-refractivity contribution in [1.82, 2.24) is 0 Å². The molecular weight excluding hydrogens is 697 g/mol. The van der Waals surface area contributed by atoms with Crippen molar-refractivity contribution in [3.63, 3.8) is 0 Å². The Bertz CT molecular complexity index is 1170. The van der Waals surface area contributed by atoms with Crippen LogP contribution < -0.4 is 0 Å². The van der Waals surface area contributed by atoms with Crippen molar-refractivity contribution in [1.29, 1.82) is 0 Å². The zero-order valence-corrected chi connectivity index (χ0v) is 35.9. The van der Waals surface area contributed by atoms with Crippen molar-refractivity contribution >= 4 is 17.9 Å². The van der Waals surface area contributed by atoms with Crippen LogP contribution in [0.25, 0.3) is 0 Å². The second-order valence-corrected chi connectivity index (χ2v) is 14.3. The molecule has 0 saturated carbocycles. The highest BCUT2D eigenvalue weighted by atomic mass is 16.6. The minimum Gasteiger partial charge on any atom is -0.462 e. The van der Waals surface area contributed by atoms with Gasteiger partial charge in [-0.2, -0.15) is 0 Å². The van der Waals surface area contributed by atoms with Crippen LogP contribution in [0.15, 0.2) is 97.2 Å². The van der Waals surface area contributed by atoms with Crippen molar-refractivity contribution in [3.8, 4) is 0 Å². The van der Waals surface area contributed by atoms with Crippen LogP contribution in [0.4, 0.5) is 0 Å². The highest BCUT2D eigenvalue weighted by Gasteiger charge is 2.19. The number of allylic oxidation sites excluding steroid dienone is 16. The predicted octanol–water partition coefficient (Wildman–Crippen LogP) is 14.2. The first-order valence-corrected chi connectivity index (χ1v) is 22.3. The van der Waals surface area contributed by atoms with Gasteiger partial charge in [-0.25, -0.2) is 0 Å². The summed E-state index contributed by atoms with van der Waals surface area (Å²) in [5, 5.41) is 0. The number of hydrogen-bond donors (Lipinski definition) is 0. The van der Waals surface area contributed by atoms with Gasteiger partial charge in [-0.15, -0.1) is 0 Å². The molecule has 56 heavy (non-hydrogen) atoms. The smallest absolute Gasteiger partial charge is 0.306 e. The van der Waals surface area contributed by atoms with Gasteiger partial charge in [-0.1, -0.05) is 201 Å². The minimum absolute atomic E-state index is 0.122. The van der Waals surface area contributed by atoms with Crippen LogP contribution in [0.1, 0.15) is 181 Å². The monoisotopic (exact) mass is 777 g/mol. The first-order chi connectivity index (χ1) is 27.5. The molecular formula is C50H80O6. The summed E-state index contributed by atoms with van der Waals surface area (Å²) in [4.78, 5) is 37.7. The van der Waals surface area contributed by atoms with Gasteiger partial charge in [-0.3, -0.25) is 14.4 Å². The molecule has 0 radical (unpaired) electrons. The lowest BCUT2D eigenvalue weighted by atomic mass is 10.0. The Morgan fingerprint density at radius 2 is 0.786 bits per heavy atom. The van der Waals surface area contributed by atoms with E-state index in [-0.39, 0.29) is 38.0 Å².